The van der Waals surface area contributed by atoms with E-state index in [1.807, 2.05) is 18.2 Å². The average molecular weight is 293 g/mol. The van der Waals surface area contributed by atoms with Gasteiger partial charge in [-0.05, 0) is 24.3 Å². The van der Waals surface area contributed by atoms with Gasteiger partial charge in [0, 0.05) is 11.5 Å². The number of carbonyl (C=O) groups is 2. The van der Waals surface area contributed by atoms with Crippen molar-refractivity contribution < 1.29 is 14.0 Å². The fourth-order valence-electron chi connectivity index (χ4n) is 2.13. The third-order valence-corrected chi connectivity index (χ3v) is 3.17. The van der Waals surface area contributed by atoms with Gasteiger partial charge >= 0.3 is 5.63 Å². The topological polar surface area (TPSA) is 76.4 Å². The van der Waals surface area contributed by atoms with Crippen LogP contribution in [0.25, 0.3) is 11.0 Å². The normalized spacial score (nSPS) is 12.4. The molecule has 4 rings (SSSR count). The molecule has 0 fully saturated rings. The van der Waals surface area contributed by atoms with E-state index in [-0.39, 0.29) is 17.4 Å². The van der Waals surface area contributed by atoms with Crippen molar-refractivity contribution in [1.82, 2.24) is 5.32 Å². The molecule has 0 bridgehead atoms. The van der Waals surface area contributed by atoms with E-state index in [2.05, 4.69) is 5.32 Å². The van der Waals surface area contributed by atoms with Crippen molar-refractivity contribution in [2.24, 2.45) is 0 Å². The molecule has 0 radical (unpaired) electrons. The molecule has 0 saturated heterocycles. The second-order valence-corrected chi connectivity index (χ2v) is 4.62. The predicted molar refractivity (Wildman–Crippen MR) is 80.7 cm³/mol. The highest BCUT2D eigenvalue weighted by Gasteiger charge is 2.25. The highest BCUT2D eigenvalue weighted by molar-refractivity contribution is 6.21. The van der Waals surface area contributed by atoms with Gasteiger partial charge in [-0.25, -0.2) is 4.79 Å². The summed E-state index contributed by atoms with van der Waals surface area (Å²) in [6.07, 6.45) is 0. The number of hydrogen-bond acceptors (Lipinski definition) is 4. The maximum absolute atomic E-state index is 10.9. The lowest BCUT2D eigenvalue weighted by molar-refractivity contribution is 0.0879. The van der Waals surface area contributed by atoms with Crippen molar-refractivity contribution in [1.29, 1.82) is 0 Å². The summed E-state index contributed by atoms with van der Waals surface area (Å²) in [5.74, 6) is -0.601. The van der Waals surface area contributed by atoms with Crippen molar-refractivity contribution in [3.8, 4) is 0 Å². The van der Waals surface area contributed by atoms with E-state index < -0.39 is 0 Å². The molecule has 2 amide bonds. The van der Waals surface area contributed by atoms with Gasteiger partial charge in [0.1, 0.15) is 5.58 Å². The number of para-hydroxylation sites is 1. The maximum Gasteiger partial charge on any atom is 0.336 e. The van der Waals surface area contributed by atoms with Crippen LogP contribution >= 0.6 is 0 Å². The van der Waals surface area contributed by atoms with Gasteiger partial charge in [0.25, 0.3) is 11.8 Å². The second-order valence-electron chi connectivity index (χ2n) is 4.62. The number of imide groups is 1. The minimum atomic E-state index is -0.302. The van der Waals surface area contributed by atoms with Gasteiger partial charge in [0.05, 0.1) is 11.1 Å². The number of amides is 2. The summed E-state index contributed by atoms with van der Waals surface area (Å²) in [5, 5.41) is 3.16. The minimum Gasteiger partial charge on any atom is -0.423 e. The van der Waals surface area contributed by atoms with E-state index in [1.165, 1.54) is 6.07 Å². The zero-order chi connectivity index (χ0) is 15.5. The molecule has 5 heteroatoms. The zero-order valence-corrected chi connectivity index (χ0v) is 11.4. The van der Waals surface area contributed by atoms with Gasteiger partial charge in [-0.3, -0.25) is 14.9 Å². The number of nitrogens with one attached hydrogen (secondary N) is 1. The number of hydrogen-bond donors (Lipinski definition) is 1. The first-order chi connectivity index (χ1) is 10.6. The smallest absolute Gasteiger partial charge is 0.336 e. The molecule has 0 atom stereocenters. The molecule has 3 aromatic rings. The lowest BCUT2D eigenvalue weighted by Gasteiger charge is -1.91. The molecular formula is C17H11NO4. The van der Waals surface area contributed by atoms with Gasteiger partial charge in [-0.2, -0.15) is 0 Å². The number of fused-ring (bicyclic) bond motifs is 2. The lowest BCUT2D eigenvalue weighted by atomic mass is 10.1. The molecule has 1 N–H and O–H groups in total. The van der Waals surface area contributed by atoms with E-state index in [1.54, 1.807) is 36.4 Å². The molecule has 22 heavy (non-hydrogen) atoms. The average Bonchev–Trinajstić information content (AvgIpc) is 2.83. The van der Waals surface area contributed by atoms with E-state index in [0.29, 0.717) is 16.7 Å². The Bertz CT molecular complexity index is 894. The van der Waals surface area contributed by atoms with Crippen LogP contribution in [0.5, 0.6) is 0 Å². The molecule has 5 nitrogen and oxygen atoms in total. The molecule has 108 valence electrons. The molecule has 0 aliphatic carbocycles. The van der Waals surface area contributed by atoms with Crippen LogP contribution < -0.4 is 10.9 Å². The van der Waals surface area contributed by atoms with Crippen molar-refractivity contribution in [2.45, 2.75) is 0 Å². The Kier molecular flexibility index (Phi) is 3.53. The SMILES string of the molecule is O=C1NC(=O)c2ccccc21.O=c1ccc2ccccc2o1. The standard InChI is InChI=1S/C9H6O2.C8H5NO2/c10-9-6-5-7-3-1-2-4-8(7)11-9;10-7-5-3-1-2-4-6(5)8(11)9-7/h1-6H;1-4H,(H,9,10,11). The van der Waals surface area contributed by atoms with Gasteiger partial charge in [-0.15, -0.1) is 0 Å². The summed E-state index contributed by atoms with van der Waals surface area (Å²) in [4.78, 5) is 32.6. The summed E-state index contributed by atoms with van der Waals surface area (Å²) < 4.78 is 4.91. The molecule has 1 aliphatic rings. The van der Waals surface area contributed by atoms with E-state index in [4.69, 9.17) is 4.42 Å². The Morgan fingerprint density at radius 1 is 0.682 bits per heavy atom. The Labute approximate surface area is 125 Å². The van der Waals surface area contributed by atoms with E-state index >= 15 is 0 Å². The van der Waals surface area contributed by atoms with Crippen LogP contribution in [0.4, 0.5) is 0 Å². The van der Waals surface area contributed by atoms with Crippen molar-refractivity contribution >= 4 is 22.8 Å². The third kappa shape index (κ3) is 2.64. The van der Waals surface area contributed by atoms with Gasteiger partial charge in [0.15, 0.2) is 0 Å². The summed E-state index contributed by atoms with van der Waals surface area (Å²) in [6.45, 7) is 0. The Balaban J connectivity index is 0.000000131. The van der Waals surface area contributed by atoms with Crippen LogP contribution in [0.3, 0.4) is 0 Å². The summed E-state index contributed by atoms with van der Waals surface area (Å²) in [6, 6.07) is 17.3. The van der Waals surface area contributed by atoms with Gasteiger partial charge in [0.2, 0.25) is 0 Å². The molecular weight excluding hydrogens is 282 g/mol. The molecule has 2 aromatic carbocycles. The first kappa shape index (κ1) is 13.8. The van der Waals surface area contributed by atoms with E-state index in [0.717, 1.165) is 5.39 Å². The number of benzene rings is 2. The van der Waals surface area contributed by atoms with Crippen LogP contribution in [0.15, 0.2) is 69.9 Å². The molecule has 0 unspecified atom stereocenters. The summed E-state index contributed by atoms with van der Waals surface area (Å²) in [7, 11) is 0. The van der Waals surface area contributed by atoms with Gasteiger partial charge < -0.3 is 4.42 Å². The fourth-order valence-corrected chi connectivity index (χ4v) is 2.13. The number of carbonyl (C=O) groups excluding carboxylic acids is 2. The largest absolute Gasteiger partial charge is 0.423 e. The Hall–Kier alpha value is -3.21. The van der Waals surface area contributed by atoms with Crippen LogP contribution in [-0.2, 0) is 0 Å². The Morgan fingerprint density at radius 3 is 1.95 bits per heavy atom. The maximum atomic E-state index is 10.9. The lowest BCUT2D eigenvalue weighted by Crippen LogP contribution is -2.19. The van der Waals surface area contributed by atoms with Crippen molar-refractivity contribution in [3.63, 3.8) is 0 Å². The second kappa shape index (κ2) is 5.65. The highest BCUT2D eigenvalue weighted by atomic mass is 16.4. The minimum absolute atomic E-state index is 0.300. The fraction of sp³-hybridized carbons (Fsp3) is 0. The monoisotopic (exact) mass is 293 g/mol. The zero-order valence-electron chi connectivity index (χ0n) is 11.4. The van der Waals surface area contributed by atoms with Crippen molar-refractivity contribution in [3.05, 3.63) is 82.2 Å². The molecule has 0 spiro atoms. The molecule has 0 saturated carbocycles. The summed E-state index contributed by atoms with van der Waals surface area (Å²) >= 11 is 0. The van der Waals surface area contributed by atoms with Crippen molar-refractivity contribution in [2.75, 3.05) is 0 Å². The van der Waals surface area contributed by atoms with Gasteiger partial charge in [-0.1, -0.05) is 30.3 Å². The first-order valence-electron chi connectivity index (χ1n) is 6.59. The molecule has 1 aliphatic heterocycles. The number of rotatable bonds is 0. The predicted octanol–water partition coefficient (Wildman–Crippen LogP) is 2.36. The van der Waals surface area contributed by atoms with Crippen LogP contribution in [0.1, 0.15) is 20.7 Å². The molecule has 1 aromatic heterocycles. The van der Waals surface area contributed by atoms with Crippen LogP contribution in [0, 0.1) is 0 Å². The Morgan fingerprint density at radius 2 is 1.27 bits per heavy atom. The molecule has 2 heterocycles. The first-order valence-corrected chi connectivity index (χ1v) is 6.59. The summed E-state index contributed by atoms with van der Waals surface area (Å²) in [5.41, 5.74) is 1.28. The third-order valence-electron chi connectivity index (χ3n) is 3.17. The van der Waals surface area contributed by atoms with E-state index in [9.17, 15) is 14.4 Å². The quantitative estimate of drug-likeness (QED) is 0.510. The highest BCUT2D eigenvalue weighted by Crippen LogP contribution is 2.13. The van der Waals surface area contributed by atoms with Crippen LogP contribution in [-0.4, -0.2) is 11.8 Å². The van der Waals surface area contributed by atoms with Crippen LogP contribution in [0.2, 0.25) is 0 Å².